The van der Waals surface area contributed by atoms with Gasteiger partial charge in [-0.2, -0.15) is 13.2 Å². The summed E-state index contributed by atoms with van der Waals surface area (Å²) in [6, 6.07) is -3.61. The lowest BCUT2D eigenvalue weighted by Crippen LogP contribution is -2.51. The summed E-state index contributed by atoms with van der Waals surface area (Å²) in [5.41, 5.74) is -0.987. The first-order chi connectivity index (χ1) is 8.43. The molecule has 0 unspecified atom stereocenters. The maximum Gasteiger partial charge on any atom is 0.411 e. The van der Waals surface area contributed by atoms with Crippen molar-refractivity contribution in [3.05, 3.63) is 0 Å². The van der Waals surface area contributed by atoms with Gasteiger partial charge in [0.2, 0.25) is 0 Å². The van der Waals surface area contributed by atoms with Crippen LogP contribution in [0.5, 0.6) is 0 Å². The number of carboxylic acid groups (broad SMARTS) is 1. The number of likely N-dealkylation sites (tertiary alicyclic amines) is 1. The van der Waals surface area contributed by atoms with Crippen molar-refractivity contribution in [2.24, 2.45) is 0 Å². The monoisotopic (exact) mass is 283 g/mol. The van der Waals surface area contributed by atoms with Crippen molar-refractivity contribution in [3.63, 3.8) is 0 Å². The van der Waals surface area contributed by atoms with Gasteiger partial charge in [-0.15, -0.1) is 0 Å². The third-order valence-corrected chi connectivity index (χ3v) is 2.65. The SMILES string of the molecule is CC(C)(C)OC(=O)N1[C@@H](C(=O)O)CC[C@H]1C(F)(F)F. The fraction of sp³-hybridized carbons (Fsp3) is 0.818. The Hall–Kier alpha value is -1.47. The molecule has 0 aromatic carbocycles. The van der Waals surface area contributed by atoms with E-state index in [9.17, 15) is 22.8 Å². The Morgan fingerprint density at radius 1 is 1.21 bits per heavy atom. The minimum absolute atomic E-state index is 0.237. The molecule has 110 valence electrons. The highest BCUT2D eigenvalue weighted by molar-refractivity contribution is 5.81. The van der Waals surface area contributed by atoms with Crippen molar-refractivity contribution in [1.82, 2.24) is 4.90 Å². The van der Waals surface area contributed by atoms with Gasteiger partial charge >= 0.3 is 18.2 Å². The molecular weight excluding hydrogens is 267 g/mol. The number of carbonyl (C=O) groups excluding carboxylic acids is 1. The van der Waals surface area contributed by atoms with Crippen LogP contribution in [0.3, 0.4) is 0 Å². The van der Waals surface area contributed by atoms with Crippen molar-refractivity contribution < 1.29 is 32.6 Å². The van der Waals surface area contributed by atoms with Crippen LogP contribution in [0.4, 0.5) is 18.0 Å². The highest BCUT2D eigenvalue weighted by Crippen LogP contribution is 2.36. The van der Waals surface area contributed by atoms with Crippen LogP contribution in [0, 0.1) is 0 Å². The van der Waals surface area contributed by atoms with Gasteiger partial charge < -0.3 is 9.84 Å². The zero-order valence-electron chi connectivity index (χ0n) is 10.8. The Bertz CT molecular complexity index is 375. The largest absolute Gasteiger partial charge is 0.480 e. The molecule has 1 amide bonds. The summed E-state index contributed by atoms with van der Waals surface area (Å²) in [5, 5.41) is 8.90. The molecule has 1 rings (SSSR count). The number of hydrogen-bond acceptors (Lipinski definition) is 3. The molecule has 1 heterocycles. The van der Waals surface area contributed by atoms with Crippen molar-refractivity contribution >= 4 is 12.1 Å². The third-order valence-electron chi connectivity index (χ3n) is 2.65. The number of carbonyl (C=O) groups is 2. The van der Waals surface area contributed by atoms with Gasteiger partial charge in [0, 0.05) is 0 Å². The molecule has 1 fully saturated rings. The molecule has 0 aliphatic carbocycles. The lowest BCUT2D eigenvalue weighted by molar-refractivity contribution is -0.178. The van der Waals surface area contributed by atoms with Crippen LogP contribution in [-0.4, -0.2) is 45.9 Å². The molecule has 0 saturated carbocycles. The average molecular weight is 283 g/mol. The summed E-state index contributed by atoms with van der Waals surface area (Å²) in [6.45, 7) is 4.50. The van der Waals surface area contributed by atoms with E-state index in [4.69, 9.17) is 9.84 Å². The minimum Gasteiger partial charge on any atom is -0.480 e. The highest BCUT2D eigenvalue weighted by Gasteiger charge is 2.54. The smallest absolute Gasteiger partial charge is 0.411 e. The Morgan fingerprint density at radius 2 is 1.74 bits per heavy atom. The molecule has 5 nitrogen and oxygen atoms in total. The van der Waals surface area contributed by atoms with Gasteiger partial charge in [-0.3, -0.25) is 4.90 Å². The van der Waals surface area contributed by atoms with Gasteiger partial charge in [-0.25, -0.2) is 9.59 Å². The first-order valence-electron chi connectivity index (χ1n) is 5.74. The molecule has 19 heavy (non-hydrogen) atoms. The molecular formula is C11H16F3NO4. The second-order valence-electron chi connectivity index (χ2n) is 5.38. The summed E-state index contributed by atoms with van der Waals surface area (Å²) in [6.07, 6.45) is -6.58. The lowest BCUT2D eigenvalue weighted by Gasteiger charge is -2.31. The number of aliphatic carboxylic acids is 1. The zero-order valence-corrected chi connectivity index (χ0v) is 10.8. The van der Waals surface area contributed by atoms with E-state index in [0.717, 1.165) is 0 Å². The number of alkyl halides is 3. The van der Waals surface area contributed by atoms with Crippen LogP contribution in [0.1, 0.15) is 33.6 Å². The maximum atomic E-state index is 12.8. The first-order valence-corrected chi connectivity index (χ1v) is 5.74. The minimum atomic E-state index is -4.67. The summed E-state index contributed by atoms with van der Waals surface area (Å²) in [5.74, 6) is -1.46. The number of halogens is 3. The van der Waals surface area contributed by atoms with Gasteiger partial charge in [0.05, 0.1) is 0 Å². The number of rotatable bonds is 1. The van der Waals surface area contributed by atoms with E-state index in [1.54, 1.807) is 0 Å². The van der Waals surface area contributed by atoms with Crippen LogP contribution in [0.25, 0.3) is 0 Å². The van der Waals surface area contributed by atoms with Crippen LogP contribution in [0.2, 0.25) is 0 Å². The van der Waals surface area contributed by atoms with E-state index < -0.39 is 42.3 Å². The van der Waals surface area contributed by atoms with E-state index in [0.29, 0.717) is 0 Å². The van der Waals surface area contributed by atoms with Crippen molar-refractivity contribution in [3.8, 4) is 0 Å². The molecule has 1 N–H and O–H groups in total. The van der Waals surface area contributed by atoms with Crippen molar-refractivity contribution in [2.75, 3.05) is 0 Å². The number of nitrogens with zero attached hydrogens (tertiary/aromatic N) is 1. The standard InChI is InChI=1S/C11H16F3NO4/c1-10(2,3)19-9(18)15-6(8(16)17)4-5-7(15)11(12,13)14/h6-7H,4-5H2,1-3H3,(H,16,17)/t6-,7+/m1/s1. The molecule has 2 atom stereocenters. The Kier molecular flexibility index (Phi) is 4.02. The summed E-state index contributed by atoms with van der Waals surface area (Å²) < 4.78 is 43.2. The van der Waals surface area contributed by atoms with Gasteiger partial charge in [0.1, 0.15) is 17.7 Å². The summed E-state index contributed by atoms with van der Waals surface area (Å²) in [4.78, 5) is 23.0. The van der Waals surface area contributed by atoms with Crippen molar-refractivity contribution in [1.29, 1.82) is 0 Å². The lowest BCUT2D eigenvalue weighted by atomic mass is 10.2. The van der Waals surface area contributed by atoms with Gasteiger partial charge in [0.25, 0.3) is 0 Å². The predicted molar refractivity (Wildman–Crippen MR) is 58.6 cm³/mol. The van der Waals surface area contributed by atoms with E-state index in [1.807, 2.05) is 0 Å². The maximum absolute atomic E-state index is 12.8. The third kappa shape index (κ3) is 3.74. The number of ether oxygens (including phenoxy) is 1. The average Bonchev–Trinajstić information content (AvgIpc) is 2.57. The molecule has 0 radical (unpaired) electrons. The second-order valence-corrected chi connectivity index (χ2v) is 5.38. The molecule has 8 heteroatoms. The van der Waals surface area contributed by atoms with E-state index in [2.05, 4.69) is 0 Å². The fourth-order valence-corrected chi connectivity index (χ4v) is 1.94. The van der Waals surface area contributed by atoms with E-state index >= 15 is 0 Å². The molecule has 0 aromatic rings. The first kappa shape index (κ1) is 15.6. The Balaban J connectivity index is 2.99. The predicted octanol–water partition coefficient (Wildman–Crippen LogP) is 2.40. The van der Waals surface area contributed by atoms with E-state index in [-0.39, 0.29) is 11.3 Å². The summed E-state index contributed by atoms with van der Waals surface area (Å²) in [7, 11) is 0. The molecule has 1 saturated heterocycles. The van der Waals surface area contributed by atoms with Gasteiger partial charge in [-0.1, -0.05) is 0 Å². The van der Waals surface area contributed by atoms with Gasteiger partial charge in [0.15, 0.2) is 0 Å². The van der Waals surface area contributed by atoms with Crippen LogP contribution < -0.4 is 0 Å². The normalized spacial score (nSPS) is 24.4. The number of amides is 1. The van der Waals surface area contributed by atoms with E-state index in [1.165, 1.54) is 20.8 Å². The fourth-order valence-electron chi connectivity index (χ4n) is 1.94. The topological polar surface area (TPSA) is 66.8 Å². The quantitative estimate of drug-likeness (QED) is 0.802. The van der Waals surface area contributed by atoms with Crippen LogP contribution in [-0.2, 0) is 9.53 Å². The number of carboxylic acids is 1. The van der Waals surface area contributed by atoms with Crippen molar-refractivity contribution in [2.45, 2.75) is 57.5 Å². The van der Waals surface area contributed by atoms with Crippen LogP contribution in [0.15, 0.2) is 0 Å². The highest BCUT2D eigenvalue weighted by atomic mass is 19.4. The Morgan fingerprint density at radius 3 is 2.11 bits per heavy atom. The molecule has 0 aromatic heterocycles. The van der Waals surface area contributed by atoms with Crippen LogP contribution >= 0.6 is 0 Å². The molecule has 0 spiro atoms. The molecule has 1 aliphatic rings. The molecule has 1 aliphatic heterocycles. The Labute approximate surface area is 108 Å². The zero-order chi connectivity index (χ0) is 15.0. The summed E-state index contributed by atoms with van der Waals surface area (Å²) >= 11 is 0. The number of hydrogen-bond donors (Lipinski definition) is 1. The second kappa shape index (κ2) is 4.90. The van der Waals surface area contributed by atoms with Gasteiger partial charge in [-0.05, 0) is 33.6 Å². The molecule has 0 bridgehead atoms.